The van der Waals surface area contributed by atoms with E-state index in [2.05, 4.69) is 4.90 Å². The van der Waals surface area contributed by atoms with E-state index in [9.17, 15) is 4.39 Å². The first kappa shape index (κ1) is 12.6. The topological polar surface area (TPSA) is 29.3 Å². The van der Waals surface area contributed by atoms with E-state index in [1.807, 2.05) is 24.9 Å². The number of benzene rings is 1. The highest BCUT2D eigenvalue weighted by Crippen LogP contribution is 2.26. The third-order valence-electron chi connectivity index (χ3n) is 3.08. The molecule has 2 rings (SSSR count). The summed E-state index contributed by atoms with van der Waals surface area (Å²) in [5, 5.41) is 0. The van der Waals surface area contributed by atoms with Gasteiger partial charge in [-0.2, -0.15) is 11.8 Å². The third-order valence-corrected chi connectivity index (χ3v) is 4.44. The van der Waals surface area contributed by atoms with Crippen LogP contribution in [0.3, 0.4) is 0 Å². The maximum absolute atomic E-state index is 13.7. The van der Waals surface area contributed by atoms with Crippen molar-refractivity contribution in [3.63, 3.8) is 0 Å². The zero-order valence-corrected chi connectivity index (χ0v) is 11.3. The molecule has 0 amide bonds. The molecule has 2 nitrogen and oxygen atoms in total. The molecule has 1 atom stereocenters. The molecule has 1 aromatic rings. The Kier molecular flexibility index (Phi) is 3.89. The largest absolute Gasteiger partial charge is 0.389 e. The van der Waals surface area contributed by atoms with E-state index >= 15 is 0 Å². The Labute approximate surface area is 110 Å². The molecule has 0 bridgehead atoms. The van der Waals surface area contributed by atoms with E-state index in [0.29, 0.717) is 11.6 Å². The van der Waals surface area contributed by atoms with Crippen molar-refractivity contribution in [2.24, 2.45) is 5.73 Å². The first-order valence-corrected chi connectivity index (χ1v) is 7.06. The molecular weight excluding hydrogens is 255 g/mol. The Morgan fingerprint density at radius 3 is 2.88 bits per heavy atom. The molecule has 0 radical (unpaired) electrons. The molecule has 1 aromatic carbocycles. The minimum atomic E-state index is -0.340. The first-order chi connectivity index (χ1) is 8.09. The molecular formula is C12H15FN2S2. The van der Waals surface area contributed by atoms with Crippen LogP contribution in [0.15, 0.2) is 18.2 Å². The summed E-state index contributed by atoms with van der Waals surface area (Å²) in [5.41, 5.74) is 6.64. The van der Waals surface area contributed by atoms with Gasteiger partial charge in [-0.05, 0) is 30.4 Å². The minimum Gasteiger partial charge on any atom is -0.389 e. The number of rotatable bonds is 3. The Balaban J connectivity index is 2.21. The second-order valence-corrected chi connectivity index (χ2v) is 5.75. The number of nitrogens with two attached hydrogens (primary N) is 1. The molecule has 1 unspecified atom stereocenters. The number of nitrogens with zero attached hydrogens (tertiary/aromatic N) is 1. The van der Waals surface area contributed by atoms with E-state index in [0.717, 1.165) is 17.9 Å². The number of halogens is 1. The van der Waals surface area contributed by atoms with Gasteiger partial charge in [0.1, 0.15) is 10.8 Å². The van der Waals surface area contributed by atoms with E-state index in [4.69, 9.17) is 18.0 Å². The number of thioether (sulfide) groups is 1. The molecule has 1 aliphatic rings. The summed E-state index contributed by atoms with van der Waals surface area (Å²) in [6.07, 6.45) is 1.15. The van der Waals surface area contributed by atoms with Gasteiger partial charge in [-0.3, -0.25) is 0 Å². The SMILES string of the molecule is CN(c1ccc(C(N)=S)c(F)c1)C1CCSC1. The summed E-state index contributed by atoms with van der Waals surface area (Å²) >= 11 is 6.73. The fourth-order valence-electron chi connectivity index (χ4n) is 1.96. The third kappa shape index (κ3) is 2.72. The highest BCUT2D eigenvalue weighted by atomic mass is 32.2. The van der Waals surface area contributed by atoms with Crippen molar-refractivity contribution in [1.82, 2.24) is 0 Å². The van der Waals surface area contributed by atoms with Crippen LogP contribution in [0.1, 0.15) is 12.0 Å². The van der Waals surface area contributed by atoms with E-state index < -0.39 is 0 Å². The molecule has 17 heavy (non-hydrogen) atoms. The summed E-state index contributed by atoms with van der Waals surface area (Å²) in [5.74, 6) is 1.95. The fourth-order valence-corrected chi connectivity index (χ4v) is 3.39. The van der Waals surface area contributed by atoms with Gasteiger partial charge in [0.05, 0.1) is 0 Å². The van der Waals surface area contributed by atoms with Gasteiger partial charge in [0.25, 0.3) is 0 Å². The van der Waals surface area contributed by atoms with Crippen molar-refractivity contribution in [1.29, 1.82) is 0 Å². The van der Waals surface area contributed by atoms with Crippen LogP contribution in [-0.4, -0.2) is 29.6 Å². The van der Waals surface area contributed by atoms with Crippen LogP contribution in [0.5, 0.6) is 0 Å². The smallest absolute Gasteiger partial charge is 0.135 e. The fraction of sp³-hybridized carbons (Fsp3) is 0.417. The number of thiocarbonyl (C=S) groups is 1. The van der Waals surface area contributed by atoms with Crippen LogP contribution in [0.25, 0.3) is 0 Å². The zero-order valence-electron chi connectivity index (χ0n) is 9.65. The standard InChI is InChI=1S/C12H15FN2S2/c1-15(9-4-5-17-7-9)8-2-3-10(12(14)16)11(13)6-8/h2-3,6,9H,4-5,7H2,1H3,(H2,14,16). The molecule has 2 N–H and O–H groups in total. The van der Waals surface area contributed by atoms with Gasteiger partial charge in [0, 0.05) is 30.1 Å². The van der Waals surface area contributed by atoms with E-state index in [-0.39, 0.29) is 10.8 Å². The monoisotopic (exact) mass is 270 g/mol. The zero-order chi connectivity index (χ0) is 12.4. The molecule has 1 aliphatic heterocycles. The first-order valence-electron chi connectivity index (χ1n) is 5.49. The number of hydrogen-bond acceptors (Lipinski definition) is 3. The predicted octanol–water partition coefficient (Wildman–Crippen LogP) is 2.40. The van der Waals surface area contributed by atoms with Crippen molar-refractivity contribution in [3.8, 4) is 0 Å². The molecule has 0 spiro atoms. The molecule has 5 heteroatoms. The number of hydrogen-bond donors (Lipinski definition) is 1. The Morgan fingerprint density at radius 1 is 1.59 bits per heavy atom. The second-order valence-electron chi connectivity index (χ2n) is 4.16. The van der Waals surface area contributed by atoms with Crippen LogP contribution < -0.4 is 10.6 Å². The molecule has 1 heterocycles. The van der Waals surface area contributed by atoms with E-state index in [1.54, 1.807) is 6.07 Å². The molecule has 1 fully saturated rings. The lowest BCUT2D eigenvalue weighted by molar-refractivity contribution is 0.622. The molecule has 92 valence electrons. The van der Waals surface area contributed by atoms with Crippen LogP contribution in [0.2, 0.25) is 0 Å². The molecule has 0 aromatic heterocycles. The summed E-state index contributed by atoms with van der Waals surface area (Å²) in [4.78, 5) is 2.24. The lowest BCUT2D eigenvalue weighted by atomic mass is 10.1. The van der Waals surface area contributed by atoms with Gasteiger partial charge in [-0.1, -0.05) is 12.2 Å². The highest BCUT2D eigenvalue weighted by Gasteiger charge is 2.21. The van der Waals surface area contributed by atoms with Gasteiger partial charge in [-0.25, -0.2) is 4.39 Å². The van der Waals surface area contributed by atoms with Crippen molar-refractivity contribution >= 4 is 34.7 Å². The normalized spacial score (nSPS) is 19.3. The Hall–Kier alpha value is -0.810. The van der Waals surface area contributed by atoms with Gasteiger partial charge in [-0.15, -0.1) is 0 Å². The Morgan fingerprint density at radius 2 is 2.35 bits per heavy atom. The van der Waals surface area contributed by atoms with Crippen LogP contribution in [0.4, 0.5) is 10.1 Å². The van der Waals surface area contributed by atoms with E-state index in [1.165, 1.54) is 11.8 Å². The van der Waals surface area contributed by atoms with Crippen molar-refractivity contribution in [2.75, 3.05) is 23.5 Å². The van der Waals surface area contributed by atoms with Gasteiger partial charge in [0.15, 0.2) is 0 Å². The minimum absolute atomic E-state index is 0.105. The predicted molar refractivity (Wildman–Crippen MR) is 76.4 cm³/mol. The highest BCUT2D eigenvalue weighted by molar-refractivity contribution is 7.99. The molecule has 0 aliphatic carbocycles. The van der Waals surface area contributed by atoms with Crippen molar-refractivity contribution < 1.29 is 4.39 Å². The average molecular weight is 270 g/mol. The lowest BCUT2D eigenvalue weighted by Crippen LogP contribution is -2.31. The van der Waals surface area contributed by atoms with Crippen molar-refractivity contribution in [2.45, 2.75) is 12.5 Å². The maximum atomic E-state index is 13.7. The van der Waals surface area contributed by atoms with Gasteiger partial charge in [0.2, 0.25) is 0 Å². The van der Waals surface area contributed by atoms with Crippen LogP contribution in [-0.2, 0) is 0 Å². The number of anilines is 1. The Bertz CT molecular complexity index is 431. The molecule has 1 saturated heterocycles. The van der Waals surface area contributed by atoms with Gasteiger partial charge >= 0.3 is 0 Å². The van der Waals surface area contributed by atoms with Crippen LogP contribution in [0, 0.1) is 5.82 Å². The lowest BCUT2D eigenvalue weighted by Gasteiger charge is -2.26. The second kappa shape index (κ2) is 5.23. The van der Waals surface area contributed by atoms with Crippen LogP contribution >= 0.6 is 24.0 Å². The van der Waals surface area contributed by atoms with Gasteiger partial charge < -0.3 is 10.6 Å². The summed E-state index contributed by atoms with van der Waals surface area (Å²) in [6, 6.07) is 5.54. The summed E-state index contributed by atoms with van der Waals surface area (Å²) in [6.45, 7) is 0. The maximum Gasteiger partial charge on any atom is 0.135 e. The summed E-state index contributed by atoms with van der Waals surface area (Å²) in [7, 11) is 2.01. The summed E-state index contributed by atoms with van der Waals surface area (Å²) < 4.78 is 13.7. The quantitative estimate of drug-likeness (QED) is 0.854. The van der Waals surface area contributed by atoms with Crippen molar-refractivity contribution in [3.05, 3.63) is 29.6 Å². The molecule has 0 saturated carbocycles. The average Bonchev–Trinajstić information content (AvgIpc) is 2.80.